The van der Waals surface area contributed by atoms with Crippen LogP contribution in [0.5, 0.6) is 0 Å². The van der Waals surface area contributed by atoms with Gasteiger partial charge in [-0.25, -0.2) is 0 Å². The second kappa shape index (κ2) is 8.23. The van der Waals surface area contributed by atoms with Gasteiger partial charge in [-0.1, -0.05) is 0 Å². The Bertz CT molecular complexity index is 399. The van der Waals surface area contributed by atoms with E-state index < -0.39 is 0 Å². The summed E-state index contributed by atoms with van der Waals surface area (Å²) >= 11 is 1.31. The molecule has 0 atom stereocenters. The van der Waals surface area contributed by atoms with E-state index in [1.807, 2.05) is 0 Å². The minimum absolute atomic E-state index is 0.0460. The Kier molecular flexibility index (Phi) is 6.31. The average molecular weight is 315 g/mol. The summed E-state index contributed by atoms with van der Waals surface area (Å²) in [5.41, 5.74) is 0. The van der Waals surface area contributed by atoms with Gasteiger partial charge < -0.3 is 19.9 Å². The molecular weight excluding hydrogens is 294 g/mol. The molecule has 0 spiro atoms. The van der Waals surface area contributed by atoms with E-state index in [1.54, 1.807) is 9.80 Å². The number of carbonyl (C=O) groups excluding carboxylic acids is 3. The molecule has 3 amide bonds. The van der Waals surface area contributed by atoms with Gasteiger partial charge in [0.1, 0.15) is 0 Å². The molecule has 0 aromatic heterocycles. The first-order chi connectivity index (χ1) is 10.2. The quantitative estimate of drug-likeness (QED) is 0.714. The Morgan fingerprint density at radius 3 is 2.48 bits per heavy atom. The SMILES string of the molecule is O=C1CN(C(=O)CSCC(=O)N2CCOCC2)CCCN1. The van der Waals surface area contributed by atoms with Gasteiger partial charge in [0.25, 0.3) is 0 Å². The second-order valence-corrected chi connectivity index (χ2v) is 5.99. The molecule has 2 aliphatic heterocycles. The highest BCUT2D eigenvalue weighted by Gasteiger charge is 2.21. The molecule has 21 heavy (non-hydrogen) atoms. The number of amides is 3. The van der Waals surface area contributed by atoms with Crippen molar-refractivity contribution in [2.45, 2.75) is 6.42 Å². The number of nitrogens with one attached hydrogen (secondary N) is 1. The van der Waals surface area contributed by atoms with E-state index in [2.05, 4.69) is 5.32 Å². The highest BCUT2D eigenvalue weighted by molar-refractivity contribution is 8.00. The van der Waals surface area contributed by atoms with Crippen molar-refractivity contribution in [2.75, 3.05) is 57.4 Å². The molecule has 0 aromatic carbocycles. The van der Waals surface area contributed by atoms with Crippen LogP contribution in [0, 0.1) is 0 Å². The van der Waals surface area contributed by atoms with Crippen LogP contribution in [-0.4, -0.2) is 85.0 Å². The third-order valence-electron chi connectivity index (χ3n) is 3.43. The first-order valence-electron chi connectivity index (χ1n) is 7.14. The summed E-state index contributed by atoms with van der Waals surface area (Å²) in [6, 6.07) is 0. The van der Waals surface area contributed by atoms with Crippen molar-refractivity contribution in [3.63, 3.8) is 0 Å². The van der Waals surface area contributed by atoms with Crippen LogP contribution in [0.15, 0.2) is 0 Å². The predicted molar refractivity (Wildman–Crippen MR) is 78.9 cm³/mol. The smallest absolute Gasteiger partial charge is 0.239 e. The summed E-state index contributed by atoms with van der Waals surface area (Å²) < 4.78 is 5.19. The number of morpholine rings is 1. The van der Waals surface area contributed by atoms with Crippen LogP contribution in [0.25, 0.3) is 0 Å². The van der Waals surface area contributed by atoms with Gasteiger partial charge in [-0.15, -0.1) is 11.8 Å². The molecule has 0 saturated carbocycles. The van der Waals surface area contributed by atoms with Crippen molar-refractivity contribution in [2.24, 2.45) is 0 Å². The lowest BCUT2D eigenvalue weighted by Gasteiger charge is -2.26. The van der Waals surface area contributed by atoms with Crippen LogP contribution in [0.3, 0.4) is 0 Å². The molecule has 0 radical (unpaired) electrons. The molecule has 2 saturated heterocycles. The molecule has 0 aliphatic carbocycles. The van der Waals surface area contributed by atoms with Crippen molar-refractivity contribution in [1.29, 1.82) is 0 Å². The van der Waals surface area contributed by atoms with E-state index >= 15 is 0 Å². The molecule has 0 bridgehead atoms. The number of ether oxygens (including phenoxy) is 1. The van der Waals surface area contributed by atoms with Crippen LogP contribution in [-0.2, 0) is 19.1 Å². The number of rotatable bonds is 4. The molecule has 0 aromatic rings. The molecule has 118 valence electrons. The molecule has 1 N–H and O–H groups in total. The van der Waals surface area contributed by atoms with Crippen LogP contribution < -0.4 is 5.32 Å². The molecule has 2 aliphatic rings. The minimum Gasteiger partial charge on any atom is -0.378 e. The van der Waals surface area contributed by atoms with Crippen molar-refractivity contribution in [3.8, 4) is 0 Å². The fourth-order valence-corrected chi connectivity index (χ4v) is 3.06. The zero-order chi connectivity index (χ0) is 15.1. The summed E-state index contributed by atoms with van der Waals surface area (Å²) in [6.45, 7) is 3.74. The standard InChI is InChI=1S/C13H21N3O4S/c17-11-8-16(3-1-2-14-11)13(19)10-21-9-12(18)15-4-6-20-7-5-15/h1-10H2,(H,14,17). The Morgan fingerprint density at radius 1 is 1.10 bits per heavy atom. The topological polar surface area (TPSA) is 79.0 Å². The van der Waals surface area contributed by atoms with E-state index in [4.69, 9.17) is 4.74 Å². The molecule has 2 fully saturated rings. The summed E-state index contributed by atoms with van der Waals surface area (Å²) in [6.07, 6.45) is 0.773. The van der Waals surface area contributed by atoms with Gasteiger partial charge in [-0.2, -0.15) is 0 Å². The molecule has 2 rings (SSSR count). The molecular formula is C13H21N3O4S. The minimum atomic E-state index is -0.116. The Balaban J connectivity index is 1.68. The fourth-order valence-electron chi connectivity index (χ4n) is 2.24. The maximum absolute atomic E-state index is 12.0. The van der Waals surface area contributed by atoms with Crippen molar-refractivity contribution >= 4 is 29.5 Å². The number of hydrogen-bond acceptors (Lipinski definition) is 5. The maximum Gasteiger partial charge on any atom is 0.239 e. The van der Waals surface area contributed by atoms with Crippen molar-refractivity contribution < 1.29 is 19.1 Å². The van der Waals surface area contributed by atoms with E-state index in [-0.39, 0.29) is 30.0 Å². The largest absolute Gasteiger partial charge is 0.378 e. The summed E-state index contributed by atoms with van der Waals surface area (Å²) in [5.74, 6) is 0.390. The highest BCUT2D eigenvalue weighted by atomic mass is 32.2. The summed E-state index contributed by atoms with van der Waals surface area (Å²) in [4.78, 5) is 38.7. The fraction of sp³-hybridized carbons (Fsp3) is 0.769. The monoisotopic (exact) mass is 315 g/mol. The van der Waals surface area contributed by atoms with Crippen LogP contribution in [0.4, 0.5) is 0 Å². The van der Waals surface area contributed by atoms with E-state index in [0.29, 0.717) is 45.1 Å². The van der Waals surface area contributed by atoms with Gasteiger partial charge in [0, 0.05) is 26.2 Å². The second-order valence-electron chi connectivity index (χ2n) is 5.00. The first-order valence-corrected chi connectivity index (χ1v) is 8.30. The molecule has 0 unspecified atom stereocenters. The highest BCUT2D eigenvalue weighted by Crippen LogP contribution is 2.08. The van der Waals surface area contributed by atoms with Gasteiger partial charge in [0.15, 0.2) is 0 Å². The lowest BCUT2D eigenvalue weighted by molar-refractivity contribution is -0.133. The molecule has 2 heterocycles. The Hall–Kier alpha value is -1.28. The summed E-state index contributed by atoms with van der Waals surface area (Å²) in [5, 5.41) is 2.73. The summed E-state index contributed by atoms with van der Waals surface area (Å²) in [7, 11) is 0. The molecule has 8 heteroatoms. The zero-order valence-electron chi connectivity index (χ0n) is 12.0. The Labute approximate surface area is 128 Å². The van der Waals surface area contributed by atoms with Crippen molar-refractivity contribution in [3.05, 3.63) is 0 Å². The van der Waals surface area contributed by atoms with Gasteiger partial charge in [-0.05, 0) is 6.42 Å². The van der Waals surface area contributed by atoms with Crippen molar-refractivity contribution in [1.82, 2.24) is 15.1 Å². The number of carbonyl (C=O) groups is 3. The normalized spacial score (nSPS) is 19.9. The lowest BCUT2D eigenvalue weighted by atomic mass is 10.4. The van der Waals surface area contributed by atoms with Gasteiger partial charge in [-0.3, -0.25) is 14.4 Å². The third kappa shape index (κ3) is 5.20. The van der Waals surface area contributed by atoms with Crippen LogP contribution in [0.1, 0.15) is 6.42 Å². The number of nitrogens with zero attached hydrogens (tertiary/aromatic N) is 2. The van der Waals surface area contributed by atoms with Gasteiger partial charge in [0.05, 0.1) is 31.3 Å². The van der Waals surface area contributed by atoms with E-state index in [1.165, 1.54) is 11.8 Å². The van der Waals surface area contributed by atoms with E-state index in [9.17, 15) is 14.4 Å². The average Bonchev–Trinajstić information content (AvgIpc) is 2.72. The van der Waals surface area contributed by atoms with Gasteiger partial charge >= 0.3 is 0 Å². The lowest BCUT2D eigenvalue weighted by Crippen LogP contribution is -2.42. The number of hydrogen-bond donors (Lipinski definition) is 1. The number of thioether (sulfide) groups is 1. The van der Waals surface area contributed by atoms with E-state index in [0.717, 1.165) is 6.42 Å². The van der Waals surface area contributed by atoms with Gasteiger partial charge in [0.2, 0.25) is 17.7 Å². The zero-order valence-corrected chi connectivity index (χ0v) is 12.8. The Morgan fingerprint density at radius 2 is 1.76 bits per heavy atom. The predicted octanol–water partition coefficient (Wildman–Crippen LogP) is -1.07. The van der Waals surface area contributed by atoms with Crippen LogP contribution in [0.2, 0.25) is 0 Å². The maximum atomic E-state index is 12.0. The first kappa shape index (κ1) is 16.1. The van der Waals surface area contributed by atoms with Crippen LogP contribution >= 0.6 is 11.8 Å². The third-order valence-corrected chi connectivity index (χ3v) is 4.33. The molecule has 7 nitrogen and oxygen atoms in total.